The molecule has 1 amide bonds. The van der Waals surface area contributed by atoms with Gasteiger partial charge in [0, 0.05) is 31.3 Å². The van der Waals surface area contributed by atoms with Crippen molar-refractivity contribution in [3.05, 3.63) is 70.8 Å². The fraction of sp³-hybridized carbons (Fsp3) is 0.286. The van der Waals surface area contributed by atoms with Crippen molar-refractivity contribution >= 4 is 29.1 Å². The number of aromatic nitrogens is 3. The molecule has 9 heteroatoms. The number of hydrogen-bond donors (Lipinski definition) is 3. The minimum atomic E-state index is -0.983. The van der Waals surface area contributed by atoms with Gasteiger partial charge in [0.05, 0.1) is 22.4 Å². The lowest BCUT2D eigenvalue weighted by molar-refractivity contribution is -0.0169. The van der Waals surface area contributed by atoms with E-state index < -0.39 is 17.3 Å². The van der Waals surface area contributed by atoms with Gasteiger partial charge in [-0.15, -0.1) is 0 Å². The first-order valence-electron chi connectivity index (χ1n) is 9.62. The summed E-state index contributed by atoms with van der Waals surface area (Å²) >= 11 is 5.79. The third-order valence-electron chi connectivity index (χ3n) is 5.24. The molecule has 3 N–H and O–H groups in total. The molecule has 1 fully saturated rings. The van der Waals surface area contributed by atoms with Crippen molar-refractivity contribution in [2.24, 2.45) is 0 Å². The molecule has 4 rings (SSSR count). The Bertz CT molecular complexity index is 1040. The number of piperidine rings is 1. The molecule has 0 atom stereocenters. The Morgan fingerprint density at radius 1 is 1.23 bits per heavy atom. The van der Waals surface area contributed by atoms with Crippen LogP contribution >= 0.6 is 11.6 Å². The monoisotopic (exact) mass is 429 g/mol. The highest BCUT2D eigenvalue weighted by Gasteiger charge is 2.35. The summed E-state index contributed by atoms with van der Waals surface area (Å²) in [5.74, 6) is 0.236. The van der Waals surface area contributed by atoms with E-state index in [4.69, 9.17) is 11.6 Å². The summed E-state index contributed by atoms with van der Waals surface area (Å²) in [7, 11) is 0. The second-order valence-electron chi connectivity index (χ2n) is 7.40. The first kappa shape index (κ1) is 20.3. The Morgan fingerprint density at radius 2 is 2.00 bits per heavy atom. The predicted octanol–water partition coefficient (Wildman–Crippen LogP) is 3.55. The Labute approximate surface area is 177 Å². The number of carbonyl (C=O) groups is 1. The summed E-state index contributed by atoms with van der Waals surface area (Å²) in [6.07, 6.45) is 2.75. The van der Waals surface area contributed by atoms with Gasteiger partial charge in [-0.1, -0.05) is 23.7 Å². The van der Waals surface area contributed by atoms with Crippen LogP contribution in [0.1, 0.15) is 28.9 Å². The number of anilines is 2. The van der Waals surface area contributed by atoms with E-state index in [1.54, 1.807) is 23.2 Å². The van der Waals surface area contributed by atoms with E-state index in [2.05, 4.69) is 20.5 Å². The average Bonchev–Trinajstić information content (AvgIpc) is 3.23. The number of carbonyl (C=O) groups excluding carboxylic acids is 1. The molecule has 0 saturated carbocycles. The Kier molecular flexibility index (Phi) is 5.69. The lowest BCUT2D eigenvalue weighted by Crippen LogP contribution is -2.48. The third kappa shape index (κ3) is 4.44. The number of H-pyrrole nitrogens is 1. The molecule has 1 aromatic carbocycles. The molecule has 0 radical (unpaired) electrons. The van der Waals surface area contributed by atoms with Crippen molar-refractivity contribution in [2.75, 3.05) is 18.4 Å². The van der Waals surface area contributed by atoms with Crippen LogP contribution in [-0.2, 0) is 6.42 Å². The normalized spacial score (nSPS) is 15.8. The molecule has 156 valence electrons. The van der Waals surface area contributed by atoms with Crippen LogP contribution in [0.2, 0.25) is 5.02 Å². The maximum Gasteiger partial charge on any atom is 0.256 e. The smallest absolute Gasteiger partial charge is 0.256 e. The lowest BCUT2D eigenvalue weighted by atomic mass is 9.86. The van der Waals surface area contributed by atoms with Gasteiger partial charge >= 0.3 is 0 Å². The van der Waals surface area contributed by atoms with Gasteiger partial charge in [0.15, 0.2) is 5.82 Å². The molecule has 1 aliphatic heterocycles. The summed E-state index contributed by atoms with van der Waals surface area (Å²) in [5, 5.41) is 20.8. The second-order valence-corrected chi connectivity index (χ2v) is 7.81. The molecule has 1 aliphatic rings. The highest BCUT2D eigenvalue weighted by Crippen LogP contribution is 2.28. The fourth-order valence-corrected chi connectivity index (χ4v) is 3.76. The summed E-state index contributed by atoms with van der Waals surface area (Å²) < 4.78 is 14.2. The van der Waals surface area contributed by atoms with E-state index in [9.17, 15) is 14.3 Å². The maximum absolute atomic E-state index is 14.2. The topological polar surface area (TPSA) is 94.1 Å². The average molecular weight is 430 g/mol. The van der Waals surface area contributed by atoms with Crippen molar-refractivity contribution in [2.45, 2.75) is 24.9 Å². The zero-order valence-corrected chi connectivity index (χ0v) is 16.9. The van der Waals surface area contributed by atoms with Gasteiger partial charge in [-0.05, 0) is 37.1 Å². The number of likely N-dealkylation sites (tertiary alicyclic amines) is 1. The van der Waals surface area contributed by atoms with Crippen LogP contribution < -0.4 is 5.32 Å². The standard InChI is InChI=1S/C21H21ClFN5O2/c22-16-5-2-4-15(19(16)23)20(29)28-11-8-21(30,9-12-28)13-14-3-1-6-17(25-14)26-18-7-10-24-27-18/h1-7,10,30H,8-9,11-13H2,(H2,24,25,26,27). The Balaban J connectivity index is 1.39. The number of pyridine rings is 1. The summed E-state index contributed by atoms with van der Waals surface area (Å²) in [4.78, 5) is 18.7. The zero-order chi connectivity index (χ0) is 21.1. The third-order valence-corrected chi connectivity index (χ3v) is 5.54. The molecular weight excluding hydrogens is 409 g/mol. The van der Waals surface area contributed by atoms with E-state index in [-0.39, 0.29) is 10.6 Å². The van der Waals surface area contributed by atoms with Gasteiger partial charge in [-0.2, -0.15) is 5.10 Å². The quantitative estimate of drug-likeness (QED) is 0.576. The van der Waals surface area contributed by atoms with E-state index in [0.29, 0.717) is 38.2 Å². The molecule has 0 bridgehead atoms. The Morgan fingerprint density at radius 3 is 2.73 bits per heavy atom. The number of halogens is 2. The maximum atomic E-state index is 14.2. The van der Waals surface area contributed by atoms with Crippen LogP contribution in [0.15, 0.2) is 48.7 Å². The minimum Gasteiger partial charge on any atom is -0.389 e. The van der Waals surface area contributed by atoms with Gasteiger partial charge in [-0.3, -0.25) is 9.89 Å². The predicted molar refractivity (Wildman–Crippen MR) is 111 cm³/mol. The lowest BCUT2D eigenvalue weighted by Gasteiger charge is -2.38. The van der Waals surface area contributed by atoms with E-state index in [0.717, 1.165) is 11.5 Å². The van der Waals surface area contributed by atoms with Gasteiger partial charge in [-0.25, -0.2) is 9.37 Å². The van der Waals surface area contributed by atoms with Crippen molar-refractivity contribution in [1.29, 1.82) is 0 Å². The summed E-state index contributed by atoms with van der Waals surface area (Å²) in [6, 6.07) is 11.7. The molecule has 7 nitrogen and oxygen atoms in total. The van der Waals surface area contributed by atoms with Crippen molar-refractivity contribution in [1.82, 2.24) is 20.1 Å². The number of benzene rings is 1. The molecule has 0 unspecified atom stereocenters. The molecule has 30 heavy (non-hydrogen) atoms. The van der Waals surface area contributed by atoms with Crippen molar-refractivity contribution < 1.29 is 14.3 Å². The van der Waals surface area contributed by atoms with E-state index in [1.165, 1.54) is 12.1 Å². The molecule has 2 aromatic heterocycles. The van der Waals surface area contributed by atoms with Crippen LogP contribution in [0.25, 0.3) is 0 Å². The highest BCUT2D eigenvalue weighted by molar-refractivity contribution is 6.31. The number of aliphatic hydroxyl groups is 1. The van der Waals surface area contributed by atoms with Crippen LogP contribution in [0, 0.1) is 5.82 Å². The number of hydrogen-bond acceptors (Lipinski definition) is 5. The minimum absolute atomic E-state index is 0.0489. The van der Waals surface area contributed by atoms with Crippen molar-refractivity contribution in [3.8, 4) is 0 Å². The van der Waals surface area contributed by atoms with E-state index in [1.807, 2.05) is 18.2 Å². The first-order valence-corrected chi connectivity index (χ1v) is 9.99. The number of amides is 1. The molecule has 1 saturated heterocycles. The van der Waals surface area contributed by atoms with Gasteiger partial charge in [0.2, 0.25) is 0 Å². The molecule has 0 aliphatic carbocycles. The highest BCUT2D eigenvalue weighted by atomic mass is 35.5. The molecular formula is C21H21ClFN5O2. The summed E-state index contributed by atoms with van der Waals surface area (Å²) in [5.41, 5.74) is -0.293. The first-order chi connectivity index (χ1) is 14.4. The van der Waals surface area contributed by atoms with Gasteiger partial charge in [0.1, 0.15) is 11.6 Å². The molecule has 3 heterocycles. The largest absolute Gasteiger partial charge is 0.389 e. The van der Waals surface area contributed by atoms with Gasteiger partial charge in [0.25, 0.3) is 5.91 Å². The molecule has 3 aromatic rings. The van der Waals surface area contributed by atoms with Crippen LogP contribution in [0.5, 0.6) is 0 Å². The SMILES string of the molecule is O=C(c1cccc(Cl)c1F)N1CCC(O)(Cc2cccc(Nc3ccn[nH]3)n2)CC1. The second kappa shape index (κ2) is 8.41. The number of rotatable bonds is 5. The molecule has 0 spiro atoms. The summed E-state index contributed by atoms with van der Waals surface area (Å²) in [6.45, 7) is 0.654. The number of nitrogens with zero attached hydrogens (tertiary/aromatic N) is 3. The number of nitrogens with one attached hydrogen (secondary N) is 2. The zero-order valence-electron chi connectivity index (χ0n) is 16.1. The van der Waals surface area contributed by atoms with Gasteiger partial charge < -0.3 is 15.3 Å². The van der Waals surface area contributed by atoms with Crippen LogP contribution in [0.4, 0.5) is 16.0 Å². The fourth-order valence-electron chi connectivity index (χ4n) is 3.59. The van der Waals surface area contributed by atoms with Crippen LogP contribution in [0.3, 0.4) is 0 Å². The number of aromatic amines is 1. The van der Waals surface area contributed by atoms with Crippen molar-refractivity contribution in [3.63, 3.8) is 0 Å². The van der Waals surface area contributed by atoms with E-state index >= 15 is 0 Å². The Hall–Kier alpha value is -2.97. The van der Waals surface area contributed by atoms with Crippen LogP contribution in [-0.4, -0.2) is 49.8 Å².